The van der Waals surface area contributed by atoms with Gasteiger partial charge in [-0.05, 0) is 41.3 Å². The predicted molar refractivity (Wildman–Crippen MR) is 130 cm³/mol. The minimum absolute atomic E-state index is 0. The Balaban J connectivity index is 0.00000336. The van der Waals surface area contributed by atoms with E-state index < -0.39 is 21.9 Å². The van der Waals surface area contributed by atoms with E-state index in [-0.39, 0.29) is 65.9 Å². The number of rotatable bonds is 3. The molecule has 13 heteroatoms. The molecule has 2 aromatic heterocycles. The number of benzene rings is 2. The summed E-state index contributed by atoms with van der Waals surface area (Å²) in [7, 11) is -4.16. The number of pyridine rings is 1. The topological polar surface area (TPSA) is 101 Å². The van der Waals surface area contributed by atoms with Crippen LogP contribution in [0.3, 0.4) is 0 Å². The van der Waals surface area contributed by atoms with Gasteiger partial charge in [-0.1, -0.05) is 50.6 Å². The van der Waals surface area contributed by atoms with Crippen LogP contribution < -0.4 is 9.62 Å². The molecule has 0 saturated heterocycles. The second-order valence-corrected chi connectivity index (χ2v) is 11.4. The van der Waals surface area contributed by atoms with Gasteiger partial charge >= 0.3 is 6.18 Å². The molecule has 1 N–H and O–H groups in total. The van der Waals surface area contributed by atoms with Crippen molar-refractivity contribution in [3.8, 4) is 11.4 Å². The summed E-state index contributed by atoms with van der Waals surface area (Å²) in [6.07, 6.45) is -2.42. The van der Waals surface area contributed by atoms with E-state index in [0.29, 0.717) is 5.56 Å². The van der Waals surface area contributed by atoms with Gasteiger partial charge < -0.3 is 14.8 Å². The van der Waals surface area contributed by atoms with Crippen molar-refractivity contribution < 1.29 is 46.5 Å². The van der Waals surface area contributed by atoms with E-state index >= 15 is 0 Å². The number of halogens is 3. The largest absolute Gasteiger partial charge is 0.458 e. The number of anilines is 3. The Morgan fingerprint density at radius 1 is 1.03 bits per heavy atom. The summed E-state index contributed by atoms with van der Waals surface area (Å²) in [5.74, 6) is 0.0893. The maximum absolute atomic E-state index is 13.9. The van der Waals surface area contributed by atoms with Gasteiger partial charge in [-0.15, -0.1) is 0 Å². The molecule has 1 radical (unpaired) electrons. The van der Waals surface area contributed by atoms with Gasteiger partial charge in [0.2, 0.25) is 0 Å². The monoisotopic (exact) mass is 715 g/mol. The third-order valence-corrected chi connectivity index (χ3v) is 7.77. The average Bonchev–Trinajstić information content (AvgIpc) is 3.31. The fourth-order valence-electron chi connectivity index (χ4n) is 3.97. The molecule has 0 atom stereocenters. The molecule has 3 heterocycles. The summed E-state index contributed by atoms with van der Waals surface area (Å²) in [4.78, 5) is 7.66. The van der Waals surface area contributed by atoms with E-state index in [1.807, 2.05) is 20.8 Å². The van der Waals surface area contributed by atoms with Gasteiger partial charge in [0.1, 0.15) is 11.5 Å². The Kier molecular flexibility index (Phi) is 7.16. The molecule has 1 aliphatic rings. The first-order chi connectivity index (χ1) is 17.3. The molecule has 5 rings (SSSR count). The third-order valence-electron chi connectivity index (χ3n) is 5.99. The number of hydrogen-bond donors (Lipinski definition) is 1. The fourth-order valence-corrected chi connectivity index (χ4v) is 5.42. The summed E-state index contributed by atoms with van der Waals surface area (Å²) in [6.45, 7) is 5.79. The SMILES string of the molecule is CC(C)(C)c1ccc(S(=O)(=O)N2Cc3ccc(C(F)(F)F)nc3Nc3ccc(-c4n[c-]on4)cc32)cc1.[Re]. The first-order valence-electron chi connectivity index (χ1n) is 11.2. The van der Waals surface area contributed by atoms with Crippen molar-refractivity contribution in [1.29, 1.82) is 0 Å². The fraction of sp³-hybridized carbons (Fsp3) is 0.240. The van der Waals surface area contributed by atoms with Crippen LogP contribution in [0.4, 0.5) is 30.4 Å². The third kappa shape index (κ3) is 5.18. The van der Waals surface area contributed by atoms with Gasteiger partial charge in [0.15, 0.2) is 0 Å². The van der Waals surface area contributed by atoms with Crippen LogP contribution in [-0.2, 0) is 48.6 Å². The summed E-state index contributed by atoms with van der Waals surface area (Å²) < 4.78 is 73.7. The quantitative estimate of drug-likeness (QED) is 0.272. The van der Waals surface area contributed by atoms with Gasteiger partial charge in [0.25, 0.3) is 10.0 Å². The summed E-state index contributed by atoms with van der Waals surface area (Å²) in [5, 5.41) is 6.63. The molecule has 0 aliphatic carbocycles. The second-order valence-electron chi connectivity index (χ2n) is 9.55. The summed E-state index contributed by atoms with van der Waals surface area (Å²) in [6, 6.07) is 13.3. The molecule has 0 unspecified atom stereocenters. The minimum atomic E-state index is -4.66. The zero-order valence-electron chi connectivity index (χ0n) is 20.3. The molecule has 0 saturated carbocycles. The van der Waals surface area contributed by atoms with E-state index in [0.717, 1.165) is 15.9 Å². The molecular formula is C25H21F3N5O3ReS-. The van der Waals surface area contributed by atoms with Crippen molar-refractivity contribution in [3.05, 3.63) is 77.8 Å². The average molecular weight is 715 g/mol. The van der Waals surface area contributed by atoms with Gasteiger partial charge in [0.05, 0.1) is 29.2 Å². The smallest absolute Gasteiger partial charge is 0.433 e. The predicted octanol–water partition coefficient (Wildman–Crippen LogP) is 5.70. The van der Waals surface area contributed by atoms with Crippen molar-refractivity contribution in [2.75, 3.05) is 9.62 Å². The van der Waals surface area contributed by atoms with Gasteiger partial charge in [0, 0.05) is 31.8 Å². The first-order valence-corrected chi connectivity index (χ1v) is 12.6. The van der Waals surface area contributed by atoms with E-state index in [2.05, 4.69) is 31.4 Å². The number of nitrogens with zero attached hydrogens (tertiary/aromatic N) is 4. The van der Waals surface area contributed by atoms with Crippen LogP contribution >= 0.6 is 0 Å². The molecule has 199 valence electrons. The standard InChI is InChI=1S/C25H21F3N5O3S.Re/c1-24(2,3)17-6-8-18(9-7-17)37(34,35)33-13-16-5-11-21(25(26,27)28)31-23(16)30-19-10-4-15(12-20(19)33)22-29-14-36-32-22;/h4-12H,13H2,1-3H3,(H,30,31);/q-1;. The van der Waals surface area contributed by atoms with Gasteiger partial charge in [-0.2, -0.15) is 18.3 Å². The van der Waals surface area contributed by atoms with Crippen molar-refractivity contribution in [2.45, 2.75) is 43.8 Å². The molecular weight excluding hydrogens is 694 g/mol. The van der Waals surface area contributed by atoms with E-state index in [9.17, 15) is 21.6 Å². The molecule has 8 nitrogen and oxygen atoms in total. The van der Waals surface area contributed by atoms with Crippen LogP contribution in [-0.4, -0.2) is 23.5 Å². The Labute approximate surface area is 231 Å². The maximum atomic E-state index is 13.9. The number of aromatic nitrogens is 3. The Bertz CT molecular complexity index is 1570. The molecule has 4 aromatic rings. The number of hydrogen-bond acceptors (Lipinski definition) is 7. The molecule has 1 aliphatic heterocycles. The zero-order chi connectivity index (χ0) is 26.6. The second kappa shape index (κ2) is 9.80. The molecule has 2 aromatic carbocycles. The van der Waals surface area contributed by atoms with Crippen molar-refractivity contribution >= 4 is 27.2 Å². The van der Waals surface area contributed by atoms with Crippen LogP contribution in [0.1, 0.15) is 37.6 Å². The Hall–Kier alpha value is -3.27. The Morgan fingerprint density at radius 2 is 1.74 bits per heavy atom. The van der Waals surface area contributed by atoms with Crippen molar-refractivity contribution in [2.24, 2.45) is 0 Å². The molecule has 0 bridgehead atoms. The zero-order valence-corrected chi connectivity index (χ0v) is 23.9. The van der Waals surface area contributed by atoms with E-state index in [1.54, 1.807) is 18.2 Å². The van der Waals surface area contributed by atoms with Crippen LogP contribution in [0.25, 0.3) is 11.4 Å². The number of sulfonamides is 1. The first kappa shape index (κ1) is 27.8. The van der Waals surface area contributed by atoms with Gasteiger partial charge in [-0.3, -0.25) is 4.31 Å². The van der Waals surface area contributed by atoms with Crippen LogP contribution in [0.2, 0.25) is 0 Å². The summed E-state index contributed by atoms with van der Waals surface area (Å²) >= 11 is 0. The van der Waals surface area contributed by atoms with E-state index in [1.165, 1.54) is 30.3 Å². The molecule has 0 spiro atoms. The maximum Gasteiger partial charge on any atom is 0.433 e. The normalized spacial score (nSPS) is 13.6. The van der Waals surface area contributed by atoms with Crippen LogP contribution in [0, 0.1) is 6.39 Å². The van der Waals surface area contributed by atoms with Crippen LogP contribution in [0.15, 0.2) is 64.0 Å². The van der Waals surface area contributed by atoms with Crippen LogP contribution in [0.5, 0.6) is 0 Å². The number of alkyl halides is 3. The van der Waals surface area contributed by atoms with E-state index in [4.69, 9.17) is 0 Å². The Morgan fingerprint density at radius 3 is 2.34 bits per heavy atom. The summed E-state index contributed by atoms with van der Waals surface area (Å²) in [5.41, 5.74) is 0.823. The minimum Gasteiger partial charge on any atom is -0.458 e. The number of fused-ring (bicyclic) bond motifs is 2. The van der Waals surface area contributed by atoms with Gasteiger partial charge in [-0.25, -0.2) is 13.4 Å². The molecule has 0 fully saturated rings. The van der Waals surface area contributed by atoms with Crippen molar-refractivity contribution in [3.63, 3.8) is 0 Å². The molecule has 38 heavy (non-hydrogen) atoms. The number of nitrogens with one attached hydrogen (secondary N) is 1. The molecule has 0 amide bonds. The van der Waals surface area contributed by atoms with Crippen molar-refractivity contribution in [1.82, 2.24) is 15.1 Å².